The van der Waals surface area contributed by atoms with Crippen LogP contribution in [0.4, 0.5) is 10.5 Å². The van der Waals surface area contributed by atoms with Gasteiger partial charge in [-0.2, -0.15) is 0 Å². The zero-order valence-corrected chi connectivity index (χ0v) is 15.1. The van der Waals surface area contributed by atoms with Crippen LogP contribution in [0.25, 0.3) is 11.1 Å². The van der Waals surface area contributed by atoms with Gasteiger partial charge in [0.15, 0.2) is 0 Å². The van der Waals surface area contributed by atoms with E-state index in [9.17, 15) is 9.59 Å². The highest BCUT2D eigenvalue weighted by atomic mass is 16.6. The van der Waals surface area contributed by atoms with Crippen LogP contribution in [0.3, 0.4) is 0 Å². The van der Waals surface area contributed by atoms with E-state index in [0.717, 1.165) is 11.1 Å². The van der Waals surface area contributed by atoms with Gasteiger partial charge in [0.25, 0.3) is 0 Å². The average Bonchev–Trinajstić information content (AvgIpc) is 2.67. The molecule has 2 aromatic rings. The monoisotopic (exact) mass is 366 g/mol. The van der Waals surface area contributed by atoms with E-state index in [1.807, 2.05) is 6.07 Å². The van der Waals surface area contributed by atoms with Crippen LogP contribution in [0.15, 0.2) is 62.2 Å². The minimum atomic E-state index is -0.873. The number of carbonyl (C=O) groups excluding carboxylic acids is 2. The molecule has 0 saturated carbocycles. The molecule has 7 heteroatoms. The van der Waals surface area contributed by atoms with E-state index in [1.165, 1.54) is 0 Å². The van der Waals surface area contributed by atoms with Crippen molar-refractivity contribution < 1.29 is 14.3 Å². The molecule has 2 heterocycles. The molecule has 0 spiro atoms. The van der Waals surface area contributed by atoms with Gasteiger partial charge in [0.2, 0.25) is 5.91 Å². The summed E-state index contributed by atoms with van der Waals surface area (Å²) in [6.07, 6.45) is 8.57. The first-order valence-corrected chi connectivity index (χ1v) is 8.36. The van der Waals surface area contributed by atoms with Gasteiger partial charge in [-0.25, -0.2) is 4.79 Å². The van der Waals surface area contributed by atoms with Gasteiger partial charge in [-0.05, 0) is 12.1 Å². The summed E-state index contributed by atoms with van der Waals surface area (Å²) in [7, 11) is 0. The van der Waals surface area contributed by atoms with Crippen molar-refractivity contribution in [3.8, 4) is 11.1 Å². The number of hydrogen-bond acceptors (Lipinski definition) is 5. The lowest BCUT2D eigenvalue weighted by Gasteiger charge is -2.17. The summed E-state index contributed by atoms with van der Waals surface area (Å²) in [6, 6.07) is 3.60. The Hall–Kier alpha value is -3.48. The molecule has 0 saturated heterocycles. The molecule has 7 nitrogen and oxygen atoms in total. The standard InChI is InChI=1S/C20H22N4O3/c1-4-6-18(27-20(21)26)15-9-14(10-23-11-15)16-7-8-22-12-17(16)24-19(25)13(3)5-2/h4-5,7-13,18H,1-2,6H2,3H3,(H2,21,26)(H,24,25)/t13-,18+/m1/s1. The smallest absolute Gasteiger partial charge is 0.405 e. The summed E-state index contributed by atoms with van der Waals surface area (Å²) in [6.45, 7) is 9.05. The summed E-state index contributed by atoms with van der Waals surface area (Å²) >= 11 is 0. The molecule has 0 unspecified atom stereocenters. The number of primary amides is 1. The number of rotatable bonds is 8. The van der Waals surface area contributed by atoms with Gasteiger partial charge >= 0.3 is 6.09 Å². The summed E-state index contributed by atoms with van der Waals surface area (Å²) in [5.74, 6) is -0.534. The van der Waals surface area contributed by atoms with E-state index in [0.29, 0.717) is 17.7 Å². The fourth-order valence-corrected chi connectivity index (χ4v) is 2.42. The topological polar surface area (TPSA) is 107 Å². The minimum absolute atomic E-state index is 0.190. The second kappa shape index (κ2) is 9.28. The van der Waals surface area contributed by atoms with E-state index in [2.05, 4.69) is 28.4 Å². The van der Waals surface area contributed by atoms with Crippen LogP contribution < -0.4 is 11.1 Å². The van der Waals surface area contributed by atoms with Crippen molar-refractivity contribution in [2.75, 3.05) is 5.32 Å². The maximum absolute atomic E-state index is 12.2. The number of pyridine rings is 2. The van der Waals surface area contributed by atoms with Crippen molar-refractivity contribution in [3.63, 3.8) is 0 Å². The van der Waals surface area contributed by atoms with Crippen molar-refractivity contribution >= 4 is 17.7 Å². The Kier molecular flexibility index (Phi) is 6.82. The lowest BCUT2D eigenvalue weighted by Crippen LogP contribution is -2.19. The summed E-state index contributed by atoms with van der Waals surface area (Å²) in [4.78, 5) is 31.7. The largest absolute Gasteiger partial charge is 0.441 e. The average molecular weight is 366 g/mol. The highest BCUT2D eigenvalue weighted by Crippen LogP contribution is 2.30. The zero-order valence-electron chi connectivity index (χ0n) is 15.1. The number of carbonyl (C=O) groups is 2. The van der Waals surface area contributed by atoms with Crippen LogP contribution in [0.5, 0.6) is 0 Å². The zero-order chi connectivity index (χ0) is 19.8. The second-order valence-corrected chi connectivity index (χ2v) is 5.89. The van der Waals surface area contributed by atoms with Crippen LogP contribution in [-0.2, 0) is 9.53 Å². The van der Waals surface area contributed by atoms with Gasteiger partial charge < -0.3 is 15.8 Å². The maximum Gasteiger partial charge on any atom is 0.405 e. The predicted molar refractivity (Wildman–Crippen MR) is 104 cm³/mol. The van der Waals surface area contributed by atoms with Crippen LogP contribution >= 0.6 is 0 Å². The van der Waals surface area contributed by atoms with E-state index < -0.39 is 12.2 Å². The van der Waals surface area contributed by atoms with Gasteiger partial charge in [-0.15, -0.1) is 13.2 Å². The number of nitrogens with one attached hydrogen (secondary N) is 1. The van der Waals surface area contributed by atoms with Crippen LogP contribution in [0, 0.1) is 5.92 Å². The predicted octanol–water partition coefficient (Wildman–Crippen LogP) is 3.62. The quantitative estimate of drug-likeness (QED) is 0.694. The van der Waals surface area contributed by atoms with Crippen molar-refractivity contribution in [1.82, 2.24) is 9.97 Å². The van der Waals surface area contributed by atoms with E-state index in [4.69, 9.17) is 10.5 Å². The number of aromatic nitrogens is 2. The number of anilines is 1. The molecule has 0 radical (unpaired) electrons. The van der Waals surface area contributed by atoms with Crippen molar-refractivity contribution in [2.45, 2.75) is 19.4 Å². The van der Waals surface area contributed by atoms with Crippen LogP contribution in [0.2, 0.25) is 0 Å². The third kappa shape index (κ3) is 5.24. The molecule has 27 heavy (non-hydrogen) atoms. The summed E-state index contributed by atoms with van der Waals surface area (Å²) in [5.41, 5.74) is 7.84. The van der Waals surface area contributed by atoms with Gasteiger partial charge in [0, 0.05) is 41.7 Å². The number of nitrogens with two attached hydrogens (primary N) is 1. The molecule has 0 aliphatic heterocycles. The third-order valence-corrected chi connectivity index (χ3v) is 3.93. The number of hydrogen-bond donors (Lipinski definition) is 2. The Bertz CT molecular complexity index is 851. The molecule has 2 rings (SSSR count). The SMILES string of the molecule is C=CC[C@H](OC(N)=O)c1cncc(-c2ccncc2NC(=O)[C@H](C)C=C)c1. The molecule has 3 N–H and O–H groups in total. The van der Waals surface area contributed by atoms with E-state index in [1.54, 1.807) is 49.9 Å². The fourth-order valence-electron chi connectivity index (χ4n) is 2.42. The van der Waals surface area contributed by atoms with Crippen LogP contribution in [0.1, 0.15) is 25.0 Å². The molecule has 0 aromatic carbocycles. The Balaban J connectivity index is 2.39. The molecule has 0 bridgehead atoms. The van der Waals surface area contributed by atoms with Gasteiger partial charge in [-0.1, -0.05) is 19.1 Å². The molecule has 2 amide bonds. The second-order valence-electron chi connectivity index (χ2n) is 5.89. The van der Waals surface area contributed by atoms with Crippen molar-refractivity contribution in [1.29, 1.82) is 0 Å². The van der Waals surface area contributed by atoms with E-state index in [-0.39, 0.29) is 11.8 Å². The lowest BCUT2D eigenvalue weighted by molar-refractivity contribution is -0.118. The summed E-state index contributed by atoms with van der Waals surface area (Å²) < 4.78 is 5.14. The highest BCUT2D eigenvalue weighted by Gasteiger charge is 2.17. The normalized spacial score (nSPS) is 12.5. The van der Waals surface area contributed by atoms with Crippen molar-refractivity contribution in [3.05, 3.63) is 67.8 Å². The van der Waals surface area contributed by atoms with Gasteiger partial charge in [0.1, 0.15) is 6.10 Å². The molecular weight excluding hydrogens is 344 g/mol. The molecular formula is C20H22N4O3. The van der Waals surface area contributed by atoms with Gasteiger partial charge in [-0.3, -0.25) is 14.8 Å². The van der Waals surface area contributed by atoms with E-state index >= 15 is 0 Å². The third-order valence-electron chi connectivity index (χ3n) is 3.93. The van der Waals surface area contributed by atoms with Crippen molar-refractivity contribution in [2.24, 2.45) is 11.7 Å². The maximum atomic E-state index is 12.2. The van der Waals surface area contributed by atoms with Gasteiger partial charge in [0.05, 0.1) is 17.8 Å². The first kappa shape index (κ1) is 19.8. The molecule has 140 valence electrons. The molecule has 0 aliphatic rings. The molecule has 0 fully saturated rings. The summed E-state index contributed by atoms with van der Waals surface area (Å²) in [5, 5.41) is 2.84. The number of ether oxygens (including phenoxy) is 1. The fraction of sp³-hybridized carbons (Fsp3) is 0.200. The molecule has 2 atom stereocenters. The Morgan fingerprint density at radius 1 is 1.30 bits per heavy atom. The first-order valence-electron chi connectivity index (χ1n) is 8.36. The number of nitrogens with zero attached hydrogens (tertiary/aromatic N) is 2. The Morgan fingerprint density at radius 2 is 2.07 bits per heavy atom. The number of amides is 2. The Morgan fingerprint density at radius 3 is 2.74 bits per heavy atom. The minimum Gasteiger partial charge on any atom is -0.441 e. The van der Waals surface area contributed by atoms with Crippen LogP contribution in [-0.4, -0.2) is 22.0 Å². The molecule has 0 aliphatic carbocycles. The highest BCUT2D eigenvalue weighted by molar-refractivity contribution is 5.97. The lowest BCUT2D eigenvalue weighted by atomic mass is 10.0. The first-order chi connectivity index (χ1) is 13.0. The Labute approximate surface area is 158 Å². The molecule has 2 aromatic heterocycles.